The third-order valence-corrected chi connectivity index (χ3v) is 9.30. The number of benzene rings is 3. The second-order valence-corrected chi connectivity index (χ2v) is 12.4. The Labute approximate surface area is 244 Å². The average molecular weight is 629 g/mol. The molecule has 7 nitrogen and oxygen atoms in total. The van der Waals surface area contributed by atoms with Gasteiger partial charge in [-0.05, 0) is 54.3 Å². The number of amides is 1. The van der Waals surface area contributed by atoms with Gasteiger partial charge in [0.05, 0.1) is 16.4 Å². The zero-order valence-corrected chi connectivity index (χ0v) is 23.7. The predicted octanol–water partition coefficient (Wildman–Crippen LogP) is 5.89. The highest BCUT2D eigenvalue weighted by Gasteiger charge is 2.41. The Hall–Kier alpha value is -3.12. The molecule has 218 valence electrons. The predicted molar refractivity (Wildman–Crippen MR) is 148 cm³/mol. The van der Waals surface area contributed by atoms with E-state index in [1.807, 2.05) is 0 Å². The minimum absolute atomic E-state index is 0.0572. The van der Waals surface area contributed by atoms with Gasteiger partial charge in [0, 0.05) is 35.1 Å². The van der Waals surface area contributed by atoms with Crippen LogP contribution in [0.15, 0.2) is 71.6 Å². The second-order valence-electron chi connectivity index (χ2n) is 9.62. The summed E-state index contributed by atoms with van der Waals surface area (Å²) in [7, 11) is -4.57. The molecule has 0 bridgehead atoms. The van der Waals surface area contributed by atoms with Gasteiger partial charge >= 0.3 is 12.1 Å². The van der Waals surface area contributed by atoms with Crippen LogP contribution in [0.2, 0.25) is 10.0 Å². The minimum Gasteiger partial charge on any atom is -0.480 e. The number of sulfonamides is 1. The number of nitrogens with zero attached hydrogens (tertiary/aromatic N) is 1. The maximum atomic E-state index is 13.5. The number of halogens is 5. The Morgan fingerprint density at radius 1 is 1.05 bits per heavy atom. The van der Waals surface area contributed by atoms with Crippen molar-refractivity contribution in [2.45, 2.75) is 36.4 Å². The largest absolute Gasteiger partial charge is 0.480 e. The van der Waals surface area contributed by atoms with E-state index in [1.54, 1.807) is 42.5 Å². The van der Waals surface area contributed by atoms with Gasteiger partial charge in [0.25, 0.3) is 0 Å². The van der Waals surface area contributed by atoms with Crippen molar-refractivity contribution in [2.75, 3.05) is 13.1 Å². The van der Waals surface area contributed by atoms with Gasteiger partial charge in [-0.2, -0.15) is 17.5 Å². The summed E-state index contributed by atoms with van der Waals surface area (Å²) >= 11 is 12.3. The topological polar surface area (TPSA) is 104 Å². The van der Waals surface area contributed by atoms with Gasteiger partial charge in [-0.1, -0.05) is 59.6 Å². The number of hydrogen-bond donors (Lipinski definition) is 2. The van der Waals surface area contributed by atoms with Crippen LogP contribution in [0.25, 0.3) is 11.1 Å². The fraction of sp³-hybridized carbons (Fsp3) is 0.286. The van der Waals surface area contributed by atoms with Gasteiger partial charge in [0.15, 0.2) is 0 Å². The molecule has 1 aliphatic heterocycles. The number of carbonyl (C=O) groups is 2. The zero-order chi connectivity index (χ0) is 29.9. The van der Waals surface area contributed by atoms with Crippen LogP contribution in [0, 0.1) is 5.92 Å². The van der Waals surface area contributed by atoms with Gasteiger partial charge < -0.3 is 10.4 Å². The van der Waals surface area contributed by atoms with E-state index in [9.17, 15) is 36.3 Å². The highest BCUT2D eigenvalue weighted by molar-refractivity contribution is 7.89. The summed E-state index contributed by atoms with van der Waals surface area (Å²) in [4.78, 5) is 24.1. The molecule has 4 rings (SSSR count). The Morgan fingerprint density at radius 3 is 2.39 bits per heavy atom. The van der Waals surface area contributed by atoms with Crippen molar-refractivity contribution in [2.24, 2.45) is 5.92 Å². The maximum Gasteiger partial charge on any atom is 0.417 e. The standard InChI is InChI=1S/C28H25Cl2F3N2O5S/c29-20-11-12-23(30)21(15-20)18-9-7-17(8-10-18)14-24(27(37)38)34-26(36)19-4-3-13-35(16-19)41(39,40)25-6-2-1-5-22(25)28(31,32)33/h1-2,5-12,15,19,24H,3-4,13-14,16H2,(H,34,36)(H,37,38)/t19?,24-/m0/s1. The molecule has 0 aliphatic carbocycles. The van der Waals surface area contributed by atoms with Crippen LogP contribution >= 0.6 is 23.2 Å². The normalized spacial score (nSPS) is 17.1. The summed E-state index contributed by atoms with van der Waals surface area (Å²) in [6.45, 7) is -0.439. The third kappa shape index (κ3) is 7.21. The number of alkyl halides is 3. The zero-order valence-electron chi connectivity index (χ0n) is 21.4. The Balaban J connectivity index is 1.46. The lowest BCUT2D eigenvalue weighted by Crippen LogP contribution is -2.50. The molecule has 0 saturated carbocycles. The van der Waals surface area contributed by atoms with Gasteiger partial charge in [-0.15, -0.1) is 0 Å². The van der Waals surface area contributed by atoms with Crippen molar-refractivity contribution in [1.29, 1.82) is 0 Å². The van der Waals surface area contributed by atoms with E-state index in [4.69, 9.17) is 23.2 Å². The number of piperidine rings is 1. The first-order valence-electron chi connectivity index (χ1n) is 12.5. The number of rotatable bonds is 8. The van der Waals surface area contributed by atoms with E-state index in [0.29, 0.717) is 27.2 Å². The molecule has 1 unspecified atom stereocenters. The van der Waals surface area contributed by atoms with Gasteiger partial charge in [0.1, 0.15) is 6.04 Å². The number of carbonyl (C=O) groups excluding carboxylic acids is 1. The molecule has 0 radical (unpaired) electrons. The fourth-order valence-corrected chi connectivity index (χ4v) is 6.84. The highest BCUT2D eigenvalue weighted by atomic mass is 35.5. The monoisotopic (exact) mass is 628 g/mol. The molecule has 0 aromatic heterocycles. The number of carboxylic acids is 1. The molecule has 0 spiro atoms. The molecule has 1 heterocycles. The molecular weight excluding hydrogens is 604 g/mol. The Morgan fingerprint density at radius 2 is 1.73 bits per heavy atom. The van der Waals surface area contributed by atoms with Gasteiger partial charge in [-0.3, -0.25) is 4.79 Å². The summed E-state index contributed by atoms with van der Waals surface area (Å²) in [5.74, 6) is -2.92. The quantitative estimate of drug-likeness (QED) is 0.324. The summed E-state index contributed by atoms with van der Waals surface area (Å²) in [5, 5.41) is 13.2. The molecule has 3 aromatic rings. The minimum atomic E-state index is -4.89. The van der Waals surface area contributed by atoms with Crippen molar-refractivity contribution >= 4 is 45.1 Å². The number of carboxylic acid groups (broad SMARTS) is 1. The first kappa shape index (κ1) is 30.8. The van der Waals surface area contributed by atoms with E-state index in [-0.39, 0.29) is 32.4 Å². The molecule has 1 saturated heterocycles. The van der Waals surface area contributed by atoms with E-state index < -0.39 is 50.5 Å². The van der Waals surface area contributed by atoms with Gasteiger partial charge in [-0.25, -0.2) is 13.2 Å². The molecule has 3 aromatic carbocycles. The van der Waals surface area contributed by atoms with Crippen molar-refractivity contribution < 1.29 is 36.3 Å². The lowest BCUT2D eigenvalue weighted by atomic mass is 9.97. The average Bonchev–Trinajstić information content (AvgIpc) is 2.94. The van der Waals surface area contributed by atoms with Crippen LogP contribution in [0.3, 0.4) is 0 Å². The molecule has 2 atom stereocenters. The maximum absolute atomic E-state index is 13.5. The fourth-order valence-electron chi connectivity index (χ4n) is 4.70. The summed E-state index contributed by atoms with van der Waals surface area (Å²) < 4.78 is 67.6. The van der Waals surface area contributed by atoms with Crippen molar-refractivity contribution in [3.8, 4) is 11.1 Å². The van der Waals surface area contributed by atoms with E-state index in [0.717, 1.165) is 22.0 Å². The molecule has 1 fully saturated rings. The lowest BCUT2D eigenvalue weighted by molar-refractivity contribution is -0.142. The van der Waals surface area contributed by atoms with Crippen molar-refractivity contribution in [1.82, 2.24) is 9.62 Å². The summed E-state index contributed by atoms with van der Waals surface area (Å²) in [6, 6.07) is 14.5. The molecular formula is C28H25Cl2F3N2O5S. The molecule has 1 aliphatic rings. The van der Waals surface area contributed by atoms with Crippen LogP contribution in [-0.4, -0.2) is 48.8 Å². The molecule has 13 heteroatoms. The SMILES string of the molecule is O=C(N[C@@H](Cc1ccc(-c2cc(Cl)ccc2Cl)cc1)C(=O)O)C1CCCN(S(=O)(=O)c2ccccc2C(F)(F)F)C1. The summed E-state index contributed by atoms with van der Waals surface area (Å²) in [5.41, 5.74) is 0.772. The van der Waals surface area contributed by atoms with Crippen LogP contribution < -0.4 is 5.32 Å². The van der Waals surface area contributed by atoms with Crippen molar-refractivity contribution in [3.63, 3.8) is 0 Å². The van der Waals surface area contributed by atoms with Crippen molar-refractivity contribution in [3.05, 3.63) is 87.9 Å². The third-order valence-electron chi connectivity index (χ3n) is 6.81. The van der Waals surface area contributed by atoms with E-state index in [1.165, 1.54) is 6.07 Å². The highest BCUT2D eigenvalue weighted by Crippen LogP contribution is 2.36. The second kappa shape index (κ2) is 12.4. The van der Waals surface area contributed by atoms with Crippen LogP contribution in [0.4, 0.5) is 13.2 Å². The number of hydrogen-bond acceptors (Lipinski definition) is 4. The van der Waals surface area contributed by atoms with Crippen LogP contribution in [0.5, 0.6) is 0 Å². The van der Waals surface area contributed by atoms with E-state index in [2.05, 4.69) is 5.32 Å². The lowest BCUT2D eigenvalue weighted by Gasteiger charge is -2.32. The van der Waals surface area contributed by atoms with E-state index >= 15 is 0 Å². The number of nitrogens with one attached hydrogen (secondary N) is 1. The molecule has 1 amide bonds. The molecule has 41 heavy (non-hydrogen) atoms. The Kier molecular flexibility index (Phi) is 9.32. The van der Waals surface area contributed by atoms with Crippen LogP contribution in [0.1, 0.15) is 24.0 Å². The first-order valence-corrected chi connectivity index (χ1v) is 14.7. The Bertz CT molecular complexity index is 1550. The van der Waals surface area contributed by atoms with Crippen LogP contribution in [-0.2, 0) is 32.2 Å². The first-order chi connectivity index (χ1) is 19.3. The van der Waals surface area contributed by atoms with Gasteiger partial charge in [0.2, 0.25) is 15.9 Å². The smallest absolute Gasteiger partial charge is 0.417 e. The number of aliphatic carboxylic acids is 1. The molecule has 2 N–H and O–H groups in total. The summed E-state index contributed by atoms with van der Waals surface area (Å²) in [6.07, 6.45) is -4.47.